The summed E-state index contributed by atoms with van der Waals surface area (Å²) in [5.74, 6) is 0.974. The van der Waals surface area contributed by atoms with Crippen molar-refractivity contribution in [2.75, 3.05) is 13.6 Å². The van der Waals surface area contributed by atoms with E-state index in [9.17, 15) is 0 Å². The number of likely N-dealkylation sites (N-methyl/N-ethyl adjacent to an activating group) is 2. The SMILES string of the molecule is CCC1CCC(NC)C(N(CC)C2CC2)C1. The van der Waals surface area contributed by atoms with Gasteiger partial charge in [-0.05, 0) is 51.6 Å². The standard InChI is InChI=1S/C14H28N2/c1-4-11-6-9-13(15-3)14(10-11)16(5-2)12-7-8-12/h11-15H,4-10H2,1-3H3. The maximum atomic E-state index is 3.55. The zero-order valence-corrected chi connectivity index (χ0v) is 11.2. The molecule has 2 fully saturated rings. The molecule has 3 unspecified atom stereocenters. The van der Waals surface area contributed by atoms with E-state index in [4.69, 9.17) is 0 Å². The maximum Gasteiger partial charge on any atom is 0.0254 e. The Morgan fingerprint density at radius 2 is 1.88 bits per heavy atom. The van der Waals surface area contributed by atoms with E-state index in [2.05, 4.69) is 31.1 Å². The van der Waals surface area contributed by atoms with Gasteiger partial charge in [-0.3, -0.25) is 4.90 Å². The van der Waals surface area contributed by atoms with E-state index in [1.54, 1.807) is 0 Å². The summed E-state index contributed by atoms with van der Waals surface area (Å²) in [5, 5.41) is 3.55. The average Bonchev–Trinajstić information content (AvgIpc) is 3.14. The van der Waals surface area contributed by atoms with Crippen LogP contribution in [0.4, 0.5) is 0 Å². The van der Waals surface area contributed by atoms with Gasteiger partial charge in [0.2, 0.25) is 0 Å². The van der Waals surface area contributed by atoms with Crippen LogP contribution in [0.1, 0.15) is 52.4 Å². The molecule has 2 aliphatic carbocycles. The molecule has 94 valence electrons. The van der Waals surface area contributed by atoms with Crippen LogP contribution in [0.15, 0.2) is 0 Å². The van der Waals surface area contributed by atoms with Crippen molar-refractivity contribution < 1.29 is 0 Å². The summed E-state index contributed by atoms with van der Waals surface area (Å²) >= 11 is 0. The van der Waals surface area contributed by atoms with E-state index in [0.29, 0.717) is 0 Å². The molecule has 0 aliphatic heterocycles. The van der Waals surface area contributed by atoms with Crippen LogP contribution in [0.25, 0.3) is 0 Å². The van der Waals surface area contributed by atoms with Crippen molar-refractivity contribution in [2.45, 2.75) is 70.5 Å². The highest BCUT2D eigenvalue weighted by Gasteiger charge is 2.38. The third-order valence-electron chi connectivity index (χ3n) is 4.68. The van der Waals surface area contributed by atoms with Gasteiger partial charge in [-0.2, -0.15) is 0 Å². The van der Waals surface area contributed by atoms with Gasteiger partial charge in [0.15, 0.2) is 0 Å². The van der Waals surface area contributed by atoms with Crippen LogP contribution in [0.3, 0.4) is 0 Å². The Hall–Kier alpha value is -0.0800. The number of rotatable bonds is 5. The zero-order chi connectivity index (χ0) is 11.5. The first-order valence-corrected chi connectivity index (χ1v) is 7.23. The van der Waals surface area contributed by atoms with Crippen molar-refractivity contribution in [3.05, 3.63) is 0 Å². The molecular formula is C14H28N2. The Morgan fingerprint density at radius 1 is 1.12 bits per heavy atom. The second-order valence-corrected chi connectivity index (χ2v) is 5.61. The molecule has 0 heterocycles. The van der Waals surface area contributed by atoms with Gasteiger partial charge in [0.1, 0.15) is 0 Å². The monoisotopic (exact) mass is 224 g/mol. The Kier molecular flexibility index (Phi) is 4.26. The predicted octanol–water partition coefficient (Wildman–Crippen LogP) is 2.64. The molecule has 0 saturated heterocycles. The van der Waals surface area contributed by atoms with Gasteiger partial charge in [-0.1, -0.05) is 20.3 Å². The molecule has 2 saturated carbocycles. The second-order valence-electron chi connectivity index (χ2n) is 5.61. The lowest BCUT2D eigenvalue weighted by Gasteiger charge is -2.42. The molecule has 0 radical (unpaired) electrons. The van der Waals surface area contributed by atoms with Crippen LogP contribution in [0.2, 0.25) is 0 Å². The number of nitrogens with zero attached hydrogens (tertiary/aromatic N) is 1. The molecule has 3 atom stereocenters. The largest absolute Gasteiger partial charge is 0.315 e. The first kappa shape index (κ1) is 12.4. The molecule has 0 spiro atoms. The predicted molar refractivity (Wildman–Crippen MR) is 69.7 cm³/mol. The lowest BCUT2D eigenvalue weighted by atomic mass is 9.80. The summed E-state index contributed by atoms with van der Waals surface area (Å²) < 4.78 is 0. The molecule has 2 nitrogen and oxygen atoms in total. The second kappa shape index (κ2) is 5.50. The molecule has 0 aromatic rings. The zero-order valence-electron chi connectivity index (χ0n) is 11.2. The number of nitrogens with one attached hydrogen (secondary N) is 1. The molecule has 0 bridgehead atoms. The highest BCUT2D eigenvalue weighted by atomic mass is 15.2. The molecule has 1 N–H and O–H groups in total. The highest BCUT2D eigenvalue weighted by Crippen LogP contribution is 2.36. The Bertz CT molecular complexity index is 213. The first-order valence-electron chi connectivity index (χ1n) is 7.23. The van der Waals surface area contributed by atoms with Crippen LogP contribution in [0.5, 0.6) is 0 Å². The lowest BCUT2D eigenvalue weighted by Crippen LogP contribution is -2.53. The van der Waals surface area contributed by atoms with Crippen molar-refractivity contribution in [1.29, 1.82) is 0 Å². The fourth-order valence-electron chi connectivity index (χ4n) is 3.48. The number of hydrogen-bond acceptors (Lipinski definition) is 2. The van der Waals surface area contributed by atoms with Crippen molar-refractivity contribution in [3.8, 4) is 0 Å². The number of hydrogen-bond donors (Lipinski definition) is 1. The van der Waals surface area contributed by atoms with E-state index >= 15 is 0 Å². The average molecular weight is 224 g/mol. The van der Waals surface area contributed by atoms with Gasteiger partial charge in [0, 0.05) is 18.1 Å². The van der Waals surface area contributed by atoms with Crippen LogP contribution in [-0.4, -0.2) is 36.6 Å². The van der Waals surface area contributed by atoms with Crippen LogP contribution in [-0.2, 0) is 0 Å². The maximum absolute atomic E-state index is 3.55. The molecule has 0 amide bonds. The molecular weight excluding hydrogens is 196 g/mol. The van der Waals surface area contributed by atoms with E-state index in [-0.39, 0.29) is 0 Å². The van der Waals surface area contributed by atoms with E-state index in [1.807, 2.05) is 0 Å². The van der Waals surface area contributed by atoms with Crippen LogP contribution >= 0.6 is 0 Å². The fraction of sp³-hybridized carbons (Fsp3) is 1.00. The smallest absolute Gasteiger partial charge is 0.0254 e. The van der Waals surface area contributed by atoms with Crippen molar-refractivity contribution in [3.63, 3.8) is 0 Å². The third kappa shape index (κ3) is 2.60. The minimum Gasteiger partial charge on any atom is -0.315 e. The topological polar surface area (TPSA) is 15.3 Å². The minimum absolute atomic E-state index is 0.739. The van der Waals surface area contributed by atoms with E-state index < -0.39 is 0 Å². The summed E-state index contributed by atoms with van der Waals surface area (Å²) in [5.41, 5.74) is 0. The van der Waals surface area contributed by atoms with E-state index in [0.717, 1.165) is 24.0 Å². The van der Waals surface area contributed by atoms with Crippen molar-refractivity contribution in [2.24, 2.45) is 5.92 Å². The van der Waals surface area contributed by atoms with Crippen molar-refractivity contribution >= 4 is 0 Å². The Balaban J connectivity index is 2.00. The first-order chi connectivity index (χ1) is 7.80. The normalized spacial score (nSPS) is 35.6. The van der Waals surface area contributed by atoms with Gasteiger partial charge in [0.05, 0.1) is 0 Å². The summed E-state index contributed by atoms with van der Waals surface area (Å²) in [7, 11) is 2.14. The van der Waals surface area contributed by atoms with Gasteiger partial charge in [-0.15, -0.1) is 0 Å². The van der Waals surface area contributed by atoms with E-state index in [1.165, 1.54) is 45.1 Å². The summed E-state index contributed by atoms with van der Waals surface area (Å²) in [4.78, 5) is 2.78. The molecule has 2 aliphatic rings. The van der Waals surface area contributed by atoms with Crippen LogP contribution < -0.4 is 5.32 Å². The quantitative estimate of drug-likeness (QED) is 0.772. The Morgan fingerprint density at radius 3 is 2.38 bits per heavy atom. The molecule has 0 aromatic heterocycles. The highest BCUT2D eigenvalue weighted by molar-refractivity contribution is 4.96. The Labute approximate surface area is 101 Å². The van der Waals surface area contributed by atoms with Crippen LogP contribution in [0, 0.1) is 5.92 Å². The summed E-state index contributed by atoms with van der Waals surface area (Å²) in [6.45, 7) is 5.93. The molecule has 0 aromatic carbocycles. The minimum atomic E-state index is 0.739. The van der Waals surface area contributed by atoms with Gasteiger partial charge in [-0.25, -0.2) is 0 Å². The van der Waals surface area contributed by atoms with Gasteiger partial charge in [0.25, 0.3) is 0 Å². The molecule has 2 heteroatoms. The van der Waals surface area contributed by atoms with Gasteiger partial charge < -0.3 is 5.32 Å². The van der Waals surface area contributed by atoms with Crippen molar-refractivity contribution in [1.82, 2.24) is 10.2 Å². The molecule has 16 heavy (non-hydrogen) atoms. The van der Waals surface area contributed by atoms with Gasteiger partial charge >= 0.3 is 0 Å². The molecule has 2 rings (SSSR count). The summed E-state index contributed by atoms with van der Waals surface area (Å²) in [6.07, 6.45) is 8.49. The third-order valence-corrected chi connectivity index (χ3v) is 4.68. The lowest BCUT2D eigenvalue weighted by molar-refractivity contribution is 0.0963. The summed E-state index contributed by atoms with van der Waals surface area (Å²) in [6, 6.07) is 2.46. The fourth-order valence-corrected chi connectivity index (χ4v) is 3.48.